The molecule has 0 aliphatic heterocycles. The Balaban J connectivity index is 3.32. The molecule has 0 aromatic rings. The minimum Gasteiger partial charge on any atom is -0.466 e. The molecule has 0 fully saturated rings. The van der Waals surface area contributed by atoms with Gasteiger partial charge in [-0.2, -0.15) is 0 Å². The first-order valence-corrected chi connectivity index (χ1v) is 39.9. The second-order valence-corrected chi connectivity index (χ2v) is 27.8. The molecule has 0 saturated heterocycles. The molecular weight excluding hydrogens is 1050 g/mol. The second-order valence-electron chi connectivity index (χ2n) is 27.8. The molecule has 0 aromatic heterocycles. The molecule has 0 heterocycles. The van der Waals surface area contributed by atoms with E-state index in [0.29, 0.717) is 25.9 Å². The van der Waals surface area contributed by atoms with Crippen LogP contribution in [-0.2, 0) is 14.3 Å². The van der Waals surface area contributed by atoms with Gasteiger partial charge in [-0.3, -0.25) is 9.59 Å². The van der Waals surface area contributed by atoms with Crippen LogP contribution in [0.4, 0.5) is 0 Å². The highest BCUT2D eigenvalue weighted by Gasteiger charge is 2.20. The third-order valence-electron chi connectivity index (χ3n) is 19.1. The summed E-state index contributed by atoms with van der Waals surface area (Å²) in [5.41, 5.74) is 0. The summed E-state index contributed by atoms with van der Waals surface area (Å²) in [5.74, 6) is -0.00947. The van der Waals surface area contributed by atoms with Crippen molar-refractivity contribution in [1.29, 1.82) is 0 Å². The first-order valence-electron chi connectivity index (χ1n) is 39.9. The number of hydrogen-bond donors (Lipinski definition) is 3. The van der Waals surface area contributed by atoms with E-state index in [4.69, 9.17) is 4.74 Å². The maximum absolute atomic E-state index is 12.6. The van der Waals surface area contributed by atoms with Crippen LogP contribution in [0, 0.1) is 0 Å². The Morgan fingerprint density at radius 1 is 0.314 bits per heavy atom. The van der Waals surface area contributed by atoms with Crippen molar-refractivity contribution < 1.29 is 24.5 Å². The van der Waals surface area contributed by atoms with Gasteiger partial charge in [0.05, 0.1) is 25.4 Å². The summed E-state index contributed by atoms with van der Waals surface area (Å²) in [6.07, 6.45) is 95.9. The molecule has 6 nitrogen and oxygen atoms in total. The van der Waals surface area contributed by atoms with Gasteiger partial charge >= 0.3 is 5.97 Å². The predicted molar refractivity (Wildman–Crippen MR) is 380 cm³/mol. The van der Waals surface area contributed by atoms with Crippen molar-refractivity contribution >= 4 is 11.9 Å². The summed E-state index contributed by atoms with van der Waals surface area (Å²) >= 11 is 0. The number of esters is 1. The number of allylic oxidation sites excluding steroid dienone is 2. The summed E-state index contributed by atoms with van der Waals surface area (Å²) in [6.45, 7) is 5.00. The molecule has 0 aliphatic rings. The number of amides is 1. The van der Waals surface area contributed by atoms with E-state index in [1.807, 2.05) is 0 Å². The van der Waals surface area contributed by atoms with E-state index in [2.05, 4.69) is 31.3 Å². The van der Waals surface area contributed by atoms with Gasteiger partial charge in [0, 0.05) is 12.8 Å². The van der Waals surface area contributed by atoms with Crippen molar-refractivity contribution in [2.24, 2.45) is 0 Å². The van der Waals surface area contributed by atoms with Crippen LogP contribution >= 0.6 is 0 Å². The van der Waals surface area contributed by atoms with E-state index < -0.39 is 12.1 Å². The molecule has 0 aromatic carbocycles. The number of ether oxygens (including phenoxy) is 1. The number of carbonyl (C=O) groups excluding carboxylic acids is 2. The summed E-state index contributed by atoms with van der Waals surface area (Å²) in [4.78, 5) is 24.6. The van der Waals surface area contributed by atoms with E-state index >= 15 is 0 Å². The molecule has 0 spiro atoms. The fourth-order valence-corrected chi connectivity index (χ4v) is 13.0. The zero-order chi connectivity index (χ0) is 62.0. The van der Waals surface area contributed by atoms with Crippen LogP contribution in [-0.4, -0.2) is 47.4 Å². The Morgan fingerprint density at radius 3 is 0.826 bits per heavy atom. The number of hydrogen-bond acceptors (Lipinski definition) is 5. The Bertz CT molecular complexity index is 1300. The molecular formula is C80H157NO5. The average molecular weight is 1210 g/mol. The molecule has 0 rings (SSSR count). The molecule has 1 amide bonds. The first kappa shape index (κ1) is 84.6. The highest BCUT2D eigenvalue weighted by molar-refractivity contribution is 5.76. The van der Waals surface area contributed by atoms with Crippen molar-refractivity contribution in [3.8, 4) is 0 Å². The summed E-state index contributed by atoms with van der Waals surface area (Å²) in [7, 11) is 0. The Kier molecular flexibility index (Phi) is 74.8. The largest absolute Gasteiger partial charge is 0.466 e. The summed E-state index contributed by atoms with van der Waals surface area (Å²) in [6, 6.07) is -0.538. The molecule has 2 atom stereocenters. The van der Waals surface area contributed by atoms with E-state index in [0.717, 1.165) is 44.9 Å². The van der Waals surface area contributed by atoms with Crippen LogP contribution in [0.15, 0.2) is 12.2 Å². The lowest BCUT2D eigenvalue weighted by atomic mass is 10.0. The zero-order valence-electron chi connectivity index (χ0n) is 58.8. The van der Waals surface area contributed by atoms with Gasteiger partial charge in [-0.15, -0.1) is 0 Å². The number of rotatable bonds is 76. The van der Waals surface area contributed by atoms with Gasteiger partial charge in [-0.1, -0.05) is 411 Å². The van der Waals surface area contributed by atoms with Crippen LogP contribution in [0.1, 0.15) is 463 Å². The Hall–Kier alpha value is -1.40. The minimum absolute atomic E-state index is 0.0150. The minimum atomic E-state index is -0.661. The average Bonchev–Trinajstić information content (AvgIpc) is 3.53. The SMILES string of the molecule is CCCCCCCC/C=C\CCCCCCCC(=O)OCCCCCCCCCCCCCCCCCCCCCCCCCCCCCCCCCCCC(=O)NC(CO)C(O)CCCCCCCCCCCCCCCCCCCCCCC. The Labute approximate surface area is 539 Å². The standard InChI is InChI=1S/C80H157NO5/c1-3-5-7-9-11-13-15-17-19-20-21-35-38-41-45-48-52-56-60-64-68-72-78(83)77(76-82)81-79(84)73-69-65-61-57-53-49-46-42-39-36-33-31-29-27-25-23-22-24-26-28-30-32-34-37-40-43-47-51-55-59-63-67-71-75-86-80(85)74-70-66-62-58-54-50-44-18-16-14-12-10-8-6-4-2/h18,44,77-78,82-83H,3-17,19-43,45-76H2,1-2H3,(H,81,84)/b44-18-. The topological polar surface area (TPSA) is 95.9 Å². The third-order valence-corrected chi connectivity index (χ3v) is 19.1. The molecule has 0 radical (unpaired) electrons. The number of aliphatic hydroxyl groups is 2. The van der Waals surface area contributed by atoms with Crippen LogP contribution in [0.5, 0.6) is 0 Å². The van der Waals surface area contributed by atoms with E-state index in [1.54, 1.807) is 0 Å². The molecule has 0 aliphatic carbocycles. The normalized spacial score (nSPS) is 12.5. The van der Waals surface area contributed by atoms with Crippen molar-refractivity contribution in [1.82, 2.24) is 5.32 Å². The first-order chi connectivity index (χ1) is 42.5. The van der Waals surface area contributed by atoms with Crippen LogP contribution in [0.2, 0.25) is 0 Å². The maximum atomic E-state index is 12.6. The maximum Gasteiger partial charge on any atom is 0.305 e. The van der Waals surface area contributed by atoms with Crippen LogP contribution in [0.3, 0.4) is 0 Å². The lowest BCUT2D eigenvalue weighted by molar-refractivity contribution is -0.143. The lowest BCUT2D eigenvalue weighted by Gasteiger charge is -2.22. The fourth-order valence-electron chi connectivity index (χ4n) is 13.0. The fraction of sp³-hybridized carbons (Fsp3) is 0.950. The zero-order valence-corrected chi connectivity index (χ0v) is 58.8. The van der Waals surface area contributed by atoms with Crippen molar-refractivity contribution in [2.75, 3.05) is 13.2 Å². The monoisotopic (exact) mass is 1210 g/mol. The molecule has 3 N–H and O–H groups in total. The summed E-state index contributed by atoms with van der Waals surface area (Å²) in [5, 5.41) is 23.5. The van der Waals surface area contributed by atoms with Crippen LogP contribution in [0.25, 0.3) is 0 Å². The summed E-state index contributed by atoms with van der Waals surface area (Å²) < 4.78 is 5.50. The van der Waals surface area contributed by atoms with E-state index in [1.165, 1.54) is 385 Å². The highest BCUT2D eigenvalue weighted by Crippen LogP contribution is 2.20. The molecule has 86 heavy (non-hydrogen) atoms. The predicted octanol–water partition coefficient (Wildman–Crippen LogP) is 26.3. The quantitative estimate of drug-likeness (QED) is 0.0320. The second kappa shape index (κ2) is 76.1. The van der Waals surface area contributed by atoms with E-state index in [9.17, 15) is 19.8 Å². The molecule has 512 valence electrons. The molecule has 0 bridgehead atoms. The third kappa shape index (κ3) is 71.7. The number of aliphatic hydroxyl groups excluding tert-OH is 2. The van der Waals surface area contributed by atoms with Gasteiger partial charge in [0.2, 0.25) is 5.91 Å². The highest BCUT2D eigenvalue weighted by atomic mass is 16.5. The smallest absolute Gasteiger partial charge is 0.305 e. The van der Waals surface area contributed by atoms with Gasteiger partial charge in [0.15, 0.2) is 0 Å². The molecule has 0 saturated carbocycles. The van der Waals surface area contributed by atoms with Gasteiger partial charge in [0.25, 0.3) is 0 Å². The van der Waals surface area contributed by atoms with Gasteiger partial charge in [0.1, 0.15) is 0 Å². The number of unbranched alkanes of at least 4 members (excludes halogenated alkanes) is 63. The number of nitrogens with one attached hydrogen (secondary N) is 1. The van der Waals surface area contributed by atoms with Crippen molar-refractivity contribution in [2.45, 2.75) is 475 Å². The Morgan fingerprint density at radius 2 is 0.547 bits per heavy atom. The van der Waals surface area contributed by atoms with Crippen LogP contribution < -0.4 is 5.32 Å². The van der Waals surface area contributed by atoms with Gasteiger partial charge in [-0.05, 0) is 51.4 Å². The van der Waals surface area contributed by atoms with Gasteiger partial charge in [-0.25, -0.2) is 0 Å². The lowest BCUT2D eigenvalue weighted by Crippen LogP contribution is -2.45. The van der Waals surface area contributed by atoms with E-state index in [-0.39, 0.29) is 18.5 Å². The van der Waals surface area contributed by atoms with Gasteiger partial charge < -0.3 is 20.3 Å². The number of carbonyl (C=O) groups is 2. The molecule has 6 heteroatoms. The van der Waals surface area contributed by atoms with Crippen molar-refractivity contribution in [3.05, 3.63) is 12.2 Å². The van der Waals surface area contributed by atoms with Crippen molar-refractivity contribution in [3.63, 3.8) is 0 Å². The molecule has 2 unspecified atom stereocenters.